The molecule has 1 aromatic heterocycles. The standard InChI is InChI=1S/C18H20N4/c1-14(2)22-20-18(19-21-22)17-11-7-6-10-16(17)13-12-15-8-4-3-5-9-15/h3-11,14H,12-13H2,1-2H3. The number of hydrogen-bond donors (Lipinski definition) is 0. The fourth-order valence-electron chi connectivity index (χ4n) is 2.43. The molecular weight excluding hydrogens is 272 g/mol. The van der Waals surface area contributed by atoms with Crippen LogP contribution in [-0.2, 0) is 12.8 Å². The molecule has 0 N–H and O–H groups in total. The van der Waals surface area contributed by atoms with E-state index in [0.29, 0.717) is 5.82 Å². The maximum atomic E-state index is 4.49. The average Bonchev–Trinajstić information content (AvgIpc) is 3.04. The minimum Gasteiger partial charge on any atom is -0.161 e. The van der Waals surface area contributed by atoms with Gasteiger partial charge in [0, 0.05) is 5.56 Å². The second-order valence-corrected chi connectivity index (χ2v) is 5.67. The maximum absolute atomic E-state index is 4.49. The molecule has 0 aliphatic heterocycles. The van der Waals surface area contributed by atoms with E-state index in [-0.39, 0.29) is 6.04 Å². The van der Waals surface area contributed by atoms with Gasteiger partial charge in [-0.05, 0) is 43.0 Å². The lowest BCUT2D eigenvalue weighted by Gasteiger charge is -2.06. The van der Waals surface area contributed by atoms with E-state index in [0.717, 1.165) is 18.4 Å². The Labute approximate surface area is 130 Å². The van der Waals surface area contributed by atoms with Gasteiger partial charge in [-0.15, -0.1) is 10.2 Å². The lowest BCUT2D eigenvalue weighted by molar-refractivity contribution is 0.455. The summed E-state index contributed by atoms with van der Waals surface area (Å²) < 4.78 is 0. The molecule has 1 heterocycles. The Kier molecular flexibility index (Phi) is 4.28. The number of nitrogens with zero attached hydrogens (tertiary/aromatic N) is 4. The van der Waals surface area contributed by atoms with Gasteiger partial charge in [0.2, 0.25) is 5.82 Å². The van der Waals surface area contributed by atoms with E-state index in [1.54, 1.807) is 4.80 Å². The Bertz CT molecular complexity index is 732. The molecule has 0 atom stereocenters. The van der Waals surface area contributed by atoms with Crippen molar-refractivity contribution in [3.8, 4) is 11.4 Å². The second kappa shape index (κ2) is 6.52. The van der Waals surface area contributed by atoms with Crippen LogP contribution in [0.15, 0.2) is 54.6 Å². The fraction of sp³-hybridized carbons (Fsp3) is 0.278. The second-order valence-electron chi connectivity index (χ2n) is 5.67. The molecule has 0 bridgehead atoms. The number of tetrazole rings is 1. The van der Waals surface area contributed by atoms with Crippen LogP contribution < -0.4 is 0 Å². The molecule has 2 aromatic carbocycles. The van der Waals surface area contributed by atoms with E-state index in [4.69, 9.17) is 0 Å². The van der Waals surface area contributed by atoms with Crippen LogP contribution in [0.2, 0.25) is 0 Å². The quantitative estimate of drug-likeness (QED) is 0.720. The van der Waals surface area contributed by atoms with Crippen molar-refractivity contribution in [1.29, 1.82) is 0 Å². The molecule has 3 aromatic rings. The lowest BCUT2D eigenvalue weighted by Crippen LogP contribution is -2.04. The monoisotopic (exact) mass is 292 g/mol. The molecule has 4 heteroatoms. The number of hydrogen-bond acceptors (Lipinski definition) is 3. The summed E-state index contributed by atoms with van der Waals surface area (Å²) in [5, 5.41) is 12.8. The zero-order valence-corrected chi connectivity index (χ0v) is 13.0. The number of rotatable bonds is 5. The molecule has 0 aliphatic carbocycles. The Balaban J connectivity index is 1.83. The molecule has 3 rings (SSSR count). The van der Waals surface area contributed by atoms with Gasteiger partial charge in [0.25, 0.3) is 0 Å². The van der Waals surface area contributed by atoms with E-state index >= 15 is 0 Å². The Morgan fingerprint density at radius 3 is 2.36 bits per heavy atom. The van der Waals surface area contributed by atoms with E-state index in [2.05, 4.69) is 57.9 Å². The summed E-state index contributed by atoms with van der Waals surface area (Å²) in [6.45, 7) is 4.10. The van der Waals surface area contributed by atoms with Crippen molar-refractivity contribution < 1.29 is 0 Å². The van der Waals surface area contributed by atoms with Crippen LogP contribution in [0.25, 0.3) is 11.4 Å². The van der Waals surface area contributed by atoms with Crippen molar-refractivity contribution in [1.82, 2.24) is 20.2 Å². The molecular formula is C18H20N4. The third-order valence-corrected chi connectivity index (χ3v) is 3.67. The highest BCUT2D eigenvalue weighted by molar-refractivity contribution is 5.59. The SMILES string of the molecule is CC(C)n1nnc(-c2ccccc2CCc2ccccc2)n1. The topological polar surface area (TPSA) is 43.6 Å². The fourth-order valence-corrected chi connectivity index (χ4v) is 2.43. The van der Waals surface area contributed by atoms with Crippen molar-refractivity contribution in [3.05, 3.63) is 65.7 Å². The first-order valence-corrected chi connectivity index (χ1v) is 7.66. The van der Waals surface area contributed by atoms with Crippen LogP contribution in [0.1, 0.15) is 31.0 Å². The molecule has 0 saturated heterocycles. The molecule has 0 saturated carbocycles. The highest BCUT2D eigenvalue weighted by atomic mass is 15.6. The Hall–Kier alpha value is -2.49. The zero-order chi connectivity index (χ0) is 15.4. The minimum absolute atomic E-state index is 0.220. The van der Waals surface area contributed by atoms with Crippen molar-refractivity contribution in [3.63, 3.8) is 0 Å². The number of aromatic nitrogens is 4. The van der Waals surface area contributed by atoms with Crippen molar-refractivity contribution in [2.24, 2.45) is 0 Å². The summed E-state index contributed by atoms with van der Waals surface area (Å²) in [4.78, 5) is 1.66. The van der Waals surface area contributed by atoms with Crippen molar-refractivity contribution in [2.45, 2.75) is 32.7 Å². The lowest BCUT2D eigenvalue weighted by atomic mass is 9.99. The van der Waals surface area contributed by atoms with Gasteiger partial charge in [-0.25, -0.2) is 0 Å². The first-order chi connectivity index (χ1) is 10.7. The van der Waals surface area contributed by atoms with Gasteiger partial charge in [0.15, 0.2) is 0 Å². The Morgan fingerprint density at radius 2 is 1.64 bits per heavy atom. The predicted molar refractivity (Wildman–Crippen MR) is 87.5 cm³/mol. The van der Waals surface area contributed by atoms with Gasteiger partial charge in [0.1, 0.15) is 0 Å². The minimum atomic E-state index is 0.220. The van der Waals surface area contributed by atoms with E-state index < -0.39 is 0 Å². The third kappa shape index (κ3) is 3.22. The van der Waals surface area contributed by atoms with Crippen molar-refractivity contribution in [2.75, 3.05) is 0 Å². The summed E-state index contributed by atoms with van der Waals surface area (Å²) in [6, 6.07) is 19.1. The first-order valence-electron chi connectivity index (χ1n) is 7.66. The van der Waals surface area contributed by atoms with Crippen LogP contribution in [-0.4, -0.2) is 20.2 Å². The van der Waals surface area contributed by atoms with E-state index in [1.165, 1.54) is 11.1 Å². The number of benzene rings is 2. The molecule has 0 radical (unpaired) electrons. The van der Waals surface area contributed by atoms with Crippen LogP contribution >= 0.6 is 0 Å². The van der Waals surface area contributed by atoms with E-state index in [1.807, 2.05) is 26.0 Å². The predicted octanol–water partition coefficient (Wildman–Crippen LogP) is 3.71. The first kappa shape index (κ1) is 14.4. The van der Waals surface area contributed by atoms with Crippen LogP contribution in [0.3, 0.4) is 0 Å². The van der Waals surface area contributed by atoms with Gasteiger partial charge in [0.05, 0.1) is 6.04 Å². The molecule has 0 amide bonds. The zero-order valence-electron chi connectivity index (χ0n) is 13.0. The average molecular weight is 292 g/mol. The van der Waals surface area contributed by atoms with Gasteiger partial charge >= 0.3 is 0 Å². The summed E-state index contributed by atoms with van der Waals surface area (Å²) in [5.41, 5.74) is 3.68. The molecule has 22 heavy (non-hydrogen) atoms. The van der Waals surface area contributed by atoms with Gasteiger partial charge in [-0.3, -0.25) is 0 Å². The molecule has 0 aliphatic rings. The normalized spacial score (nSPS) is 11.0. The molecule has 0 unspecified atom stereocenters. The summed E-state index contributed by atoms with van der Waals surface area (Å²) in [5.74, 6) is 0.706. The molecule has 0 fully saturated rings. The third-order valence-electron chi connectivity index (χ3n) is 3.67. The van der Waals surface area contributed by atoms with Crippen LogP contribution in [0.5, 0.6) is 0 Å². The maximum Gasteiger partial charge on any atom is 0.205 e. The highest BCUT2D eigenvalue weighted by Crippen LogP contribution is 2.21. The highest BCUT2D eigenvalue weighted by Gasteiger charge is 2.11. The molecule has 0 spiro atoms. The van der Waals surface area contributed by atoms with Crippen molar-refractivity contribution >= 4 is 0 Å². The van der Waals surface area contributed by atoms with Crippen LogP contribution in [0.4, 0.5) is 0 Å². The summed E-state index contributed by atoms with van der Waals surface area (Å²) >= 11 is 0. The van der Waals surface area contributed by atoms with Gasteiger partial charge in [-0.2, -0.15) is 4.80 Å². The number of aryl methyl sites for hydroxylation is 2. The van der Waals surface area contributed by atoms with Crippen LogP contribution in [0, 0.1) is 0 Å². The smallest absolute Gasteiger partial charge is 0.161 e. The van der Waals surface area contributed by atoms with E-state index in [9.17, 15) is 0 Å². The largest absolute Gasteiger partial charge is 0.205 e. The molecule has 112 valence electrons. The molecule has 4 nitrogen and oxygen atoms in total. The summed E-state index contributed by atoms with van der Waals surface area (Å²) in [7, 11) is 0. The van der Waals surface area contributed by atoms with Gasteiger partial charge in [-0.1, -0.05) is 54.6 Å². The Morgan fingerprint density at radius 1 is 0.909 bits per heavy atom. The van der Waals surface area contributed by atoms with Gasteiger partial charge < -0.3 is 0 Å². The summed E-state index contributed by atoms with van der Waals surface area (Å²) in [6.07, 6.45) is 1.98.